The van der Waals surface area contributed by atoms with Gasteiger partial charge in [0.1, 0.15) is 6.10 Å². The molecule has 16 heavy (non-hydrogen) atoms. The maximum Gasteiger partial charge on any atom is 0.138 e. The molecule has 2 rings (SSSR count). The van der Waals surface area contributed by atoms with E-state index in [1.807, 2.05) is 6.07 Å². The summed E-state index contributed by atoms with van der Waals surface area (Å²) < 4.78 is 3.44. The Morgan fingerprint density at radius 3 is 2.88 bits per heavy atom. The van der Waals surface area contributed by atoms with Crippen LogP contribution in [0.1, 0.15) is 11.8 Å². The van der Waals surface area contributed by atoms with Gasteiger partial charge in [-0.2, -0.15) is 0 Å². The molecule has 1 N–H and O–H groups in total. The van der Waals surface area contributed by atoms with E-state index in [0.717, 1.165) is 7.51 Å². The Labute approximate surface area is 116 Å². The van der Waals surface area contributed by atoms with Crippen LogP contribution in [0, 0.1) is 0 Å². The number of hydrogen-bond donors (Lipinski definition) is 1. The molecule has 1 aliphatic rings. The molecular weight excluding hydrogens is 406 g/mol. The fourth-order valence-electron chi connectivity index (χ4n) is 1.16. The van der Waals surface area contributed by atoms with Crippen molar-refractivity contribution in [2.75, 3.05) is 0 Å². The van der Waals surface area contributed by atoms with Gasteiger partial charge in [-0.15, -0.1) is 0 Å². The van der Waals surface area contributed by atoms with E-state index in [0.29, 0.717) is 11.4 Å². The fraction of sp³-hybridized carbons (Fsp3) is 0.100. The smallest absolute Gasteiger partial charge is 0.138 e. The van der Waals surface area contributed by atoms with Crippen molar-refractivity contribution in [1.29, 1.82) is 0 Å². The molecule has 1 aromatic rings. The molecule has 0 aliphatic carbocycles. The highest BCUT2D eigenvalue weighted by molar-refractivity contribution is 14.2. The maximum atomic E-state index is 10.0. The molecule has 0 fully saturated rings. The second kappa shape index (κ2) is 5.48. The third kappa shape index (κ3) is 2.97. The van der Waals surface area contributed by atoms with Crippen molar-refractivity contribution in [2.24, 2.45) is 4.99 Å². The minimum atomic E-state index is -0.817. The maximum absolute atomic E-state index is 10.0. The molecule has 1 aliphatic heterocycles. The molecule has 0 aromatic carbocycles. The molecule has 0 radical (unpaired) electrons. The summed E-state index contributed by atoms with van der Waals surface area (Å²) in [5.41, 5.74) is 1.11. The van der Waals surface area contributed by atoms with Gasteiger partial charge < -0.3 is 5.11 Å². The first-order chi connectivity index (χ1) is 7.66. The summed E-state index contributed by atoms with van der Waals surface area (Å²) in [6.45, 7) is 0. The van der Waals surface area contributed by atoms with Gasteiger partial charge in [0.2, 0.25) is 0 Å². The zero-order valence-corrected chi connectivity index (χ0v) is 12.4. The highest BCUT2D eigenvalue weighted by Crippen LogP contribution is 2.25. The van der Waals surface area contributed by atoms with Crippen LogP contribution in [-0.2, 0) is 0 Å². The topological polar surface area (TPSA) is 45.5 Å². The first kappa shape index (κ1) is 12.3. The van der Waals surface area contributed by atoms with Gasteiger partial charge in [0.15, 0.2) is 0 Å². The van der Waals surface area contributed by atoms with E-state index in [1.165, 1.54) is 0 Å². The second-order valence-electron chi connectivity index (χ2n) is 3.00. The number of aliphatic hydroxyl groups excluding tert-OH is 1. The zero-order valence-electron chi connectivity index (χ0n) is 7.94. The van der Waals surface area contributed by atoms with E-state index in [4.69, 9.17) is 11.6 Å². The molecule has 2 heterocycles. The van der Waals surface area contributed by atoms with Crippen LogP contribution in [0.25, 0.3) is 0 Å². The summed E-state index contributed by atoms with van der Waals surface area (Å²) in [5.74, 6) is 0. The minimum Gasteiger partial charge on any atom is -0.380 e. The molecule has 0 spiro atoms. The van der Waals surface area contributed by atoms with Crippen LogP contribution in [0.2, 0.25) is 0 Å². The van der Waals surface area contributed by atoms with Gasteiger partial charge in [-0.05, 0) is 34.1 Å². The largest absolute Gasteiger partial charge is 0.380 e. The monoisotopic (exact) mass is 412 g/mol. The van der Waals surface area contributed by atoms with Crippen molar-refractivity contribution >= 4 is 58.1 Å². The molecule has 1 unspecified atom stereocenters. The summed E-state index contributed by atoms with van der Waals surface area (Å²) >= 11 is 8.92. The number of halogens is 3. The van der Waals surface area contributed by atoms with Crippen molar-refractivity contribution in [3.05, 3.63) is 37.6 Å². The Hall–Kier alpha value is -0.110. The zero-order chi connectivity index (χ0) is 11.5. The van der Waals surface area contributed by atoms with Gasteiger partial charge in [0, 0.05) is 10.7 Å². The average molecular weight is 413 g/mol. The Balaban J connectivity index is 2.26. The first-order valence-corrected chi connectivity index (χ1v) is 7.86. The number of aliphatic hydroxyl groups is 1. The van der Waals surface area contributed by atoms with Crippen molar-refractivity contribution in [3.8, 4) is 0 Å². The Bertz CT molecular complexity index is 484. The quantitative estimate of drug-likeness (QED) is 0.758. The molecule has 0 amide bonds. The lowest BCUT2D eigenvalue weighted by atomic mass is 10.1. The number of rotatable bonds is 2. The van der Waals surface area contributed by atoms with Gasteiger partial charge in [0.25, 0.3) is 0 Å². The van der Waals surface area contributed by atoms with Crippen LogP contribution in [0.4, 0.5) is 0 Å². The number of hydrogen-bond acceptors (Lipinski definition) is 3. The summed E-state index contributed by atoms with van der Waals surface area (Å²) in [4.78, 5) is 8.28. The Morgan fingerprint density at radius 1 is 1.44 bits per heavy atom. The molecule has 84 valence electrons. The molecule has 6 heteroatoms. The van der Waals surface area contributed by atoms with E-state index >= 15 is 0 Å². The minimum absolute atomic E-state index is 0.301. The van der Waals surface area contributed by atoms with E-state index in [9.17, 15) is 5.11 Å². The van der Waals surface area contributed by atoms with Crippen LogP contribution in [0.3, 0.4) is 0 Å². The summed E-state index contributed by atoms with van der Waals surface area (Å²) in [6.07, 6.45) is 2.55. The predicted octanol–water partition coefficient (Wildman–Crippen LogP) is 3.14. The van der Waals surface area contributed by atoms with Gasteiger partial charge >= 0.3 is 0 Å². The Morgan fingerprint density at radius 2 is 2.25 bits per heavy atom. The van der Waals surface area contributed by atoms with Crippen LogP contribution in [0.5, 0.6) is 0 Å². The highest BCUT2D eigenvalue weighted by atomic mass is 127. The predicted molar refractivity (Wildman–Crippen MR) is 78.4 cm³/mol. The SMILES string of the molecule is OC(C1=NC=IC(Cl)=C1)c1ccc(Br)cn1. The lowest BCUT2D eigenvalue weighted by Crippen LogP contribution is -2.12. The van der Waals surface area contributed by atoms with E-state index in [-0.39, 0.29) is 20.7 Å². The van der Waals surface area contributed by atoms with Crippen molar-refractivity contribution < 1.29 is 5.11 Å². The normalized spacial score (nSPS) is 17.2. The molecule has 0 saturated carbocycles. The first-order valence-electron chi connectivity index (χ1n) is 4.36. The number of aromatic nitrogens is 1. The van der Waals surface area contributed by atoms with Crippen molar-refractivity contribution in [3.63, 3.8) is 0 Å². The third-order valence-corrected chi connectivity index (χ3v) is 4.51. The number of aliphatic imine (C=N–C) groups is 1. The average Bonchev–Trinajstić information content (AvgIpc) is 2.29. The summed E-state index contributed by atoms with van der Waals surface area (Å²) in [6, 6.07) is 3.58. The van der Waals surface area contributed by atoms with E-state index in [2.05, 4.69) is 25.9 Å². The van der Waals surface area contributed by atoms with E-state index in [1.54, 1.807) is 22.5 Å². The van der Waals surface area contributed by atoms with Gasteiger partial charge in [-0.3, -0.25) is 9.98 Å². The molecule has 1 aromatic heterocycles. The lowest BCUT2D eigenvalue weighted by molar-refractivity contribution is 0.243. The second-order valence-corrected chi connectivity index (χ2v) is 7.30. The Kier molecular flexibility index (Phi) is 4.23. The lowest BCUT2D eigenvalue weighted by Gasteiger charge is -2.11. The summed E-state index contributed by atoms with van der Waals surface area (Å²) in [7, 11) is 0. The number of nitrogens with zero attached hydrogens (tertiary/aromatic N) is 2. The van der Waals surface area contributed by atoms with Crippen molar-refractivity contribution in [1.82, 2.24) is 4.98 Å². The molecule has 0 bridgehead atoms. The molecular formula is C10H7BrClIN2O. The summed E-state index contributed by atoms with van der Waals surface area (Å²) in [5, 5.41) is 10.0. The van der Waals surface area contributed by atoms with Crippen LogP contribution in [0.15, 0.2) is 36.9 Å². The van der Waals surface area contributed by atoms with E-state index < -0.39 is 6.10 Å². The van der Waals surface area contributed by atoms with Crippen molar-refractivity contribution in [2.45, 2.75) is 6.10 Å². The standard InChI is InChI=1S/C10H7BrClIN2O/c11-6-1-2-7(14-4-6)10(16)8-3-9(12)13-5-15-8/h1-5,10,16H. The third-order valence-electron chi connectivity index (χ3n) is 1.92. The van der Waals surface area contributed by atoms with Crippen LogP contribution >= 0.6 is 48.3 Å². The molecule has 0 saturated heterocycles. The molecule has 1 atom stereocenters. The van der Waals surface area contributed by atoms with Gasteiger partial charge in [-0.25, -0.2) is 0 Å². The van der Waals surface area contributed by atoms with Gasteiger partial charge in [-0.1, -0.05) is 32.3 Å². The highest BCUT2D eigenvalue weighted by Gasteiger charge is 2.16. The molecule has 3 nitrogen and oxygen atoms in total. The number of pyridine rings is 1. The fourth-order valence-corrected chi connectivity index (χ4v) is 2.98. The van der Waals surface area contributed by atoms with Crippen LogP contribution in [-0.4, -0.2) is 19.9 Å². The van der Waals surface area contributed by atoms with Crippen LogP contribution < -0.4 is 0 Å². The van der Waals surface area contributed by atoms with Gasteiger partial charge in [0.05, 0.1) is 18.6 Å².